The third-order valence-corrected chi connectivity index (χ3v) is 5.44. The molecular formula is C27H23F6N7O. The molecule has 0 amide bonds. The van der Waals surface area contributed by atoms with E-state index in [1.165, 1.54) is 11.1 Å². The van der Waals surface area contributed by atoms with E-state index < -0.39 is 30.4 Å². The van der Waals surface area contributed by atoms with E-state index >= 15 is 0 Å². The van der Waals surface area contributed by atoms with E-state index in [2.05, 4.69) is 30.2 Å². The van der Waals surface area contributed by atoms with Crippen molar-refractivity contribution in [3.05, 3.63) is 90.5 Å². The Labute approximate surface area is 230 Å². The summed E-state index contributed by atoms with van der Waals surface area (Å²) in [7, 11) is 3.75. The predicted octanol–water partition coefficient (Wildman–Crippen LogP) is 6.73. The number of anilines is 5. The van der Waals surface area contributed by atoms with Crippen LogP contribution < -0.4 is 20.0 Å². The molecule has 214 valence electrons. The maximum atomic E-state index is 13.3. The van der Waals surface area contributed by atoms with Crippen molar-refractivity contribution < 1.29 is 31.1 Å². The number of aromatic nitrogens is 3. The van der Waals surface area contributed by atoms with Crippen LogP contribution in [0, 0.1) is 0 Å². The van der Waals surface area contributed by atoms with Crippen molar-refractivity contribution in [2.45, 2.75) is 18.5 Å². The monoisotopic (exact) mass is 575 g/mol. The number of rotatable bonds is 9. The summed E-state index contributed by atoms with van der Waals surface area (Å²) in [5, 5.41) is 3.99. The molecule has 1 N–H and O–H groups in total. The first kappa shape index (κ1) is 29.1. The minimum atomic E-state index is -5.78. The molecule has 0 radical (unpaired) electrons. The van der Waals surface area contributed by atoms with Gasteiger partial charge in [0.15, 0.2) is 0 Å². The van der Waals surface area contributed by atoms with Crippen LogP contribution in [0.25, 0.3) is 0 Å². The van der Waals surface area contributed by atoms with E-state index in [0.29, 0.717) is 16.9 Å². The Hall–Kier alpha value is -4.88. The maximum Gasteiger partial charge on any atom is 0.434 e. The van der Waals surface area contributed by atoms with Crippen LogP contribution in [0.15, 0.2) is 90.0 Å². The first-order valence-electron chi connectivity index (χ1n) is 11.9. The van der Waals surface area contributed by atoms with Gasteiger partial charge in [0, 0.05) is 31.2 Å². The van der Waals surface area contributed by atoms with E-state index in [9.17, 15) is 26.3 Å². The average molecular weight is 576 g/mol. The summed E-state index contributed by atoms with van der Waals surface area (Å²) in [5.41, 5.74) is 4.97. The van der Waals surface area contributed by atoms with Gasteiger partial charge in [-0.05, 0) is 42.0 Å². The van der Waals surface area contributed by atoms with Crippen LogP contribution >= 0.6 is 0 Å². The molecule has 4 aromatic rings. The number of hydrogen-bond acceptors (Lipinski definition) is 8. The number of benzene rings is 3. The van der Waals surface area contributed by atoms with Gasteiger partial charge in [-0.25, -0.2) is 5.43 Å². The van der Waals surface area contributed by atoms with E-state index in [-0.39, 0.29) is 5.95 Å². The summed E-state index contributed by atoms with van der Waals surface area (Å²) >= 11 is 0. The fraction of sp³-hybridized carbons (Fsp3) is 0.185. The second-order valence-electron chi connectivity index (χ2n) is 8.69. The molecule has 0 aliphatic rings. The number of ether oxygens (including phenoxy) is 1. The smallest absolute Gasteiger partial charge is 0.434 e. The van der Waals surface area contributed by atoms with Crippen LogP contribution in [0.1, 0.15) is 5.56 Å². The summed E-state index contributed by atoms with van der Waals surface area (Å²) in [4.78, 5) is 15.0. The molecule has 0 bridgehead atoms. The summed E-state index contributed by atoms with van der Waals surface area (Å²) < 4.78 is 84.1. The van der Waals surface area contributed by atoms with E-state index in [1.807, 2.05) is 31.1 Å². The number of para-hydroxylation sites is 2. The zero-order chi connectivity index (χ0) is 29.6. The Kier molecular flexibility index (Phi) is 8.59. The van der Waals surface area contributed by atoms with Crippen molar-refractivity contribution in [3.8, 4) is 6.01 Å². The lowest BCUT2D eigenvalue weighted by Gasteiger charge is -2.25. The van der Waals surface area contributed by atoms with Gasteiger partial charge in [0.2, 0.25) is 5.95 Å². The van der Waals surface area contributed by atoms with Crippen molar-refractivity contribution in [2.75, 3.05) is 29.3 Å². The molecule has 14 heteroatoms. The van der Waals surface area contributed by atoms with Crippen LogP contribution in [0.2, 0.25) is 0 Å². The molecule has 3 aromatic carbocycles. The van der Waals surface area contributed by atoms with Gasteiger partial charge in [-0.1, -0.05) is 48.5 Å². The van der Waals surface area contributed by atoms with Crippen LogP contribution in [0.3, 0.4) is 0 Å². The molecule has 0 aliphatic heterocycles. The second kappa shape index (κ2) is 12.1. The van der Waals surface area contributed by atoms with Gasteiger partial charge in [-0.3, -0.25) is 4.90 Å². The van der Waals surface area contributed by atoms with Gasteiger partial charge < -0.3 is 9.64 Å². The van der Waals surface area contributed by atoms with Gasteiger partial charge in [0.25, 0.3) is 12.1 Å². The number of nitrogens with one attached hydrogen (secondary N) is 1. The first-order chi connectivity index (χ1) is 19.4. The van der Waals surface area contributed by atoms with Gasteiger partial charge in [-0.15, -0.1) is 0 Å². The predicted molar refractivity (Wildman–Crippen MR) is 143 cm³/mol. The van der Waals surface area contributed by atoms with E-state index in [1.54, 1.807) is 72.8 Å². The molecule has 41 heavy (non-hydrogen) atoms. The highest BCUT2D eigenvalue weighted by atomic mass is 19.4. The molecule has 4 rings (SSSR count). The summed E-state index contributed by atoms with van der Waals surface area (Å²) in [5.74, 6) is -0.769. The third-order valence-electron chi connectivity index (χ3n) is 5.44. The normalized spacial score (nSPS) is 12.0. The minimum Gasteiger partial charge on any atom is -0.440 e. The van der Waals surface area contributed by atoms with Crippen LogP contribution in [0.4, 0.5) is 55.3 Å². The Balaban J connectivity index is 1.76. The van der Waals surface area contributed by atoms with Gasteiger partial charge >= 0.3 is 18.4 Å². The van der Waals surface area contributed by atoms with Crippen molar-refractivity contribution in [1.82, 2.24) is 15.0 Å². The van der Waals surface area contributed by atoms with Crippen LogP contribution in [-0.2, 0) is 0 Å². The van der Waals surface area contributed by atoms with Crippen molar-refractivity contribution >= 4 is 35.2 Å². The first-order valence-corrected chi connectivity index (χ1v) is 11.9. The molecular weight excluding hydrogens is 552 g/mol. The molecule has 1 aromatic heterocycles. The Morgan fingerprint density at radius 2 is 1.27 bits per heavy atom. The Morgan fingerprint density at radius 1 is 0.732 bits per heavy atom. The zero-order valence-electron chi connectivity index (χ0n) is 21.6. The molecule has 0 spiro atoms. The highest BCUT2D eigenvalue weighted by Gasteiger charge is 2.59. The molecule has 0 saturated heterocycles. The van der Waals surface area contributed by atoms with Gasteiger partial charge in [0.1, 0.15) is 0 Å². The minimum absolute atomic E-state index is 0.316. The zero-order valence-corrected chi connectivity index (χ0v) is 21.6. The highest BCUT2D eigenvalue weighted by molar-refractivity contribution is 5.81. The summed E-state index contributed by atoms with van der Waals surface area (Å²) in [6.07, 6.45) is -14.4. The Bertz CT molecular complexity index is 1390. The van der Waals surface area contributed by atoms with Gasteiger partial charge in [-0.2, -0.15) is 46.4 Å². The molecule has 0 saturated carbocycles. The number of nitrogens with zero attached hydrogens (tertiary/aromatic N) is 6. The van der Waals surface area contributed by atoms with Crippen LogP contribution in [-0.4, -0.2) is 53.7 Å². The standard InChI is InChI=1S/C27H23F6N7O/c1-39(2)19-15-13-18(14-16-19)17-34-38-23-35-24(37-25(36-23)41-22(26(28,29)30)27(31,32)33)40(20-9-5-3-6-10-20)21-11-7-4-8-12-21/h3-17,22H,1-2H3,(H,35,36,37,38). The SMILES string of the molecule is CN(C)c1ccc(C=NNc2nc(OC(C(F)(F)F)C(F)(F)F)nc(N(c3ccccc3)c3ccccc3)n2)cc1. The van der Waals surface area contributed by atoms with Crippen molar-refractivity contribution in [2.24, 2.45) is 5.10 Å². The lowest BCUT2D eigenvalue weighted by Crippen LogP contribution is -2.47. The quantitative estimate of drug-likeness (QED) is 0.135. The lowest BCUT2D eigenvalue weighted by atomic mass is 10.2. The number of hydrazone groups is 1. The molecule has 0 aliphatic carbocycles. The number of hydrogen-bond donors (Lipinski definition) is 1. The lowest BCUT2D eigenvalue weighted by molar-refractivity contribution is -0.301. The van der Waals surface area contributed by atoms with Crippen molar-refractivity contribution in [1.29, 1.82) is 0 Å². The average Bonchev–Trinajstić information content (AvgIpc) is 2.92. The number of halogens is 6. The maximum absolute atomic E-state index is 13.3. The van der Waals surface area contributed by atoms with E-state index in [0.717, 1.165) is 5.69 Å². The third kappa shape index (κ3) is 7.62. The molecule has 0 fully saturated rings. The molecule has 8 nitrogen and oxygen atoms in total. The van der Waals surface area contributed by atoms with Crippen molar-refractivity contribution in [3.63, 3.8) is 0 Å². The van der Waals surface area contributed by atoms with Gasteiger partial charge in [0.05, 0.1) is 6.21 Å². The fourth-order valence-electron chi connectivity index (χ4n) is 3.53. The Morgan fingerprint density at radius 3 is 1.76 bits per heavy atom. The fourth-order valence-corrected chi connectivity index (χ4v) is 3.53. The molecule has 0 unspecified atom stereocenters. The largest absolute Gasteiger partial charge is 0.440 e. The van der Waals surface area contributed by atoms with E-state index in [4.69, 9.17) is 0 Å². The molecule has 0 atom stereocenters. The summed E-state index contributed by atoms with van der Waals surface area (Å²) in [6.45, 7) is 0. The summed E-state index contributed by atoms with van der Waals surface area (Å²) in [6, 6.07) is 22.9. The topological polar surface area (TPSA) is 78.8 Å². The van der Waals surface area contributed by atoms with Crippen LogP contribution in [0.5, 0.6) is 6.01 Å². The molecule has 1 heterocycles. The second-order valence-corrected chi connectivity index (χ2v) is 8.69. The highest BCUT2D eigenvalue weighted by Crippen LogP contribution is 2.37. The number of alkyl halides is 6.